The van der Waals surface area contributed by atoms with Crippen LogP contribution in [0.5, 0.6) is 46.0 Å². The van der Waals surface area contributed by atoms with Crippen LogP contribution in [0.3, 0.4) is 0 Å². The van der Waals surface area contributed by atoms with E-state index in [0.717, 1.165) is 107 Å². The van der Waals surface area contributed by atoms with Crippen LogP contribution in [0.2, 0.25) is 0 Å². The fourth-order valence-corrected chi connectivity index (χ4v) is 15.3. The second kappa shape index (κ2) is 14.8. The van der Waals surface area contributed by atoms with E-state index in [1.807, 2.05) is 0 Å². The Morgan fingerprint density at radius 3 is 1.49 bits per heavy atom. The van der Waals surface area contributed by atoms with E-state index >= 15 is 0 Å². The Labute approximate surface area is 440 Å². The molecule has 0 bridgehead atoms. The maximum Gasteiger partial charge on any atom is 0.260 e. The summed E-state index contributed by atoms with van der Waals surface area (Å²) < 4.78 is 30.3. The Morgan fingerprint density at radius 2 is 0.863 bits per heavy atom. The van der Waals surface area contributed by atoms with Gasteiger partial charge in [0.15, 0.2) is 23.0 Å². The van der Waals surface area contributed by atoms with E-state index in [0.29, 0.717) is 0 Å². The summed E-state index contributed by atoms with van der Waals surface area (Å²) in [6.45, 7) is -0.353. The van der Waals surface area contributed by atoms with E-state index in [1.54, 1.807) is 47.2 Å². The first-order valence-corrected chi connectivity index (χ1v) is 29.2. The SMILES string of the molecule is CSc1cc2c3c(c1)Oc1cc4c(cc1B3c1cc3c(cc1O2)Nc1cc(SC)cc2c1B3c1cccc3c1N2c1ccccc1O3)B1c2cccc3c2N(c2ccccc2O3)c2cc(SC)cc(c21)N4SC. The number of para-hydroxylation sites is 6. The predicted octanol–water partition coefficient (Wildman–Crippen LogP) is 10.2. The third-order valence-corrected chi connectivity index (χ3v) is 19.0. The van der Waals surface area contributed by atoms with Crippen molar-refractivity contribution in [2.45, 2.75) is 14.7 Å². The maximum atomic E-state index is 7.22. The lowest BCUT2D eigenvalue weighted by molar-refractivity contribution is 0.462. The van der Waals surface area contributed by atoms with Crippen molar-refractivity contribution < 1.29 is 18.9 Å². The van der Waals surface area contributed by atoms with Gasteiger partial charge in [-0.3, -0.25) is 4.31 Å². The Morgan fingerprint density at radius 1 is 0.356 bits per heavy atom. The molecule has 8 nitrogen and oxygen atoms in total. The molecule has 0 unspecified atom stereocenters. The number of nitrogens with zero attached hydrogens (tertiary/aromatic N) is 3. The molecular formula is C58H37B3N4O4S4. The summed E-state index contributed by atoms with van der Waals surface area (Å²) in [5.74, 6) is 6.80. The van der Waals surface area contributed by atoms with Crippen molar-refractivity contribution in [3.05, 3.63) is 146 Å². The summed E-state index contributed by atoms with van der Waals surface area (Å²) in [5.41, 5.74) is 21.8. The number of ether oxygens (including phenoxy) is 4. The highest BCUT2D eigenvalue weighted by Gasteiger charge is 2.50. The molecule has 9 aromatic carbocycles. The standard InChI is InChI=1S/C58H37B3N4O4S4/c1-70-29-19-39-54-43(20-29)63-40-13-5-7-15-46(40)66-48-17-9-11-32(57(48)63)59(54)34-25-36-50(27-38(34)62-39)68-52-23-31(72-3)24-53-56(52)61(36)37-26-35-42(28-51(37)69-53)65(73-4)45-22-30(71-2)21-44-55(45)60(35)33-12-10-18-49-58(33)64(44)41-14-6-8-16-47(41)67-49/h5-28,62H,1-4H3. The average molecular weight is 1010 g/mol. The number of thioether (sulfide) groups is 3. The Hall–Kier alpha value is -7.03. The van der Waals surface area contributed by atoms with Gasteiger partial charge in [0.2, 0.25) is 0 Å². The summed E-state index contributed by atoms with van der Waals surface area (Å²) in [6.07, 6.45) is 8.62. The number of hydrogen-bond donors (Lipinski definition) is 1. The van der Waals surface area contributed by atoms with Gasteiger partial charge in [-0.1, -0.05) is 60.7 Å². The molecule has 17 rings (SSSR count). The van der Waals surface area contributed by atoms with E-state index in [1.165, 1.54) is 59.6 Å². The molecule has 0 atom stereocenters. The number of hydrogen-bond acceptors (Lipinski definition) is 12. The molecule has 0 fully saturated rings. The smallest absolute Gasteiger partial charge is 0.260 e. The van der Waals surface area contributed by atoms with Gasteiger partial charge in [-0.05, 0) is 147 Å². The zero-order valence-electron chi connectivity index (χ0n) is 39.7. The molecule has 0 saturated heterocycles. The summed E-state index contributed by atoms with van der Waals surface area (Å²) in [5, 5.41) is 3.98. The molecule has 0 spiro atoms. The third-order valence-electron chi connectivity index (χ3n) is 16.1. The number of fused-ring (bicyclic) bond motifs is 16. The van der Waals surface area contributed by atoms with Crippen molar-refractivity contribution in [3.63, 3.8) is 0 Å². The highest BCUT2D eigenvalue weighted by molar-refractivity contribution is 8.00. The fourth-order valence-electron chi connectivity index (χ4n) is 13.2. The minimum absolute atomic E-state index is 0.0804. The number of nitrogens with one attached hydrogen (secondary N) is 1. The summed E-state index contributed by atoms with van der Waals surface area (Å²) >= 11 is 6.98. The topological polar surface area (TPSA) is 58.7 Å². The van der Waals surface area contributed by atoms with Crippen LogP contribution in [0, 0.1) is 0 Å². The van der Waals surface area contributed by atoms with Gasteiger partial charge < -0.3 is 34.1 Å². The first-order valence-electron chi connectivity index (χ1n) is 24.4. The third kappa shape index (κ3) is 5.37. The highest BCUT2D eigenvalue weighted by atomic mass is 32.2. The van der Waals surface area contributed by atoms with Gasteiger partial charge in [0.05, 0.1) is 34.1 Å². The average Bonchev–Trinajstić information content (AvgIpc) is 3.46. The Kier molecular flexibility index (Phi) is 8.41. The number of rotatable bonds is 4. The van der Waals surface area contributed by atoms with Crippen molar-refractivity contribution in [1.82, 2.24) is 0 Å². The lowest BCUT2D eigenvalue weighted by Crippen LogP contribution is -2.65. The van der Waals surface area contributed by atoms with E-state index in [9.17, 15) is 0 Å². The van der Waals surface area contributed by atoms with Crippen molar-refractivity contribution in [2.24, 2.45) is 0 Å². The molecule has 73 heavy (non-hydrogen) atoms. The predicted molar refractivity (Wildman–Crippen MR) is 310 cm³/mol. The molecule has 0 radical (unpaired) electrons. The molecule has 0 saturated carbocycles. The molecule has 346 valence electrons. The lowest BCUT2D eigenvalue weighted by Gasteiger charge is -2.46. The van der Waals surface area contributed by atoms with Crippen molar-refractivity contribution >= 4 is 173 Å². The Bertz CT molecular complexity index is 4070. The van der Waals surface area contributed by atoms with Crippen LogP contribution < -0.4 is 87.5 Å². The van der Waals surface area contributed by atoms with E-state index in [2.05, 4.69) is 190 Å². The van der Waals surface area contributed by atoms with Crippen LogP contribution >= 0.6 is 47.2 Å². The molecule has 9 aromatic rings. The molecular weight excluding hydrogens is 977 g/mol. The van der Waals surface area contributed by atoms with Crippen LogP contribution in [-0.4, -0.2) is 45.2 Å². The van der Waals surface area contributed by atoms with Crippen LogP contribution in [0.1, 0.15) is 0 Å². The van der Waals surface area contributed by atoms with E-state index in [-0.39, 0.29) is 20.1 Å². The summed E-state index contributed by atoms with van der Waals surface area (Å²) in [4.78, 5) is 8.36. The molecule has 0 aliphatic carbocycles. The largest absolute Gasteiger partial charge is 0.458 e. The van der Waals surface area contributed by atoms with Gasteiger partial charge in [-0.2, -0.15) is 0 Å². The van der Waals surface area contributed by atoms with Crippen molar-refractivity contribution in [2.75, 3.05) is 44.4 Å². The number of benzene rings is 9. The van der Waals surface area contributed by atoms with Gasteiger partial charge >= 0.3 is 0 Å². The highest BCUT2D eigenvalue weighted by Crippen LogP contribution is 2.55. The number of anilines is 10. The van der Waals surface area contributed by atoms with Gasteiger partial charge in [-0.15, -0.1) is 35.3 Å². The molecule has 15 heteroatoms. The molecule has 0 amide bonds. The van der Waals surface area contributed by atoms with Crippen LogP contribution in [0.25, 0.3) is 0 Å². The minimum atomic E-state index is -0.189. The van der Waals surface area contributed by atoms with Gasteiger partial charge in [0.25, 0.3) is 20.1 Å². The summed E-state index contributed by atoms with van der Waals surface area (Å²) in [7, 11) is 0. The van der Waals surface area contributed by atoms with Crippen LogP contribution in [0.4, 0.5) is 56.9 Å². The fraction of sp³-hybridized carbons (Fsp3) is 0.0690. The van der Waals surface area contributed by atoms with Crippen LogP contribution in [0.15, 0.2) is 160 Å². The second-order valence-corrected chi connectivity index (χ2v) is 22.8. The van der Waals surface area contributed by atoms with Gasteiger partial charge in [0.1, 0.15) is 23.0 Å². The van der Waals surface area contributed by atoms with Crippen LogP contribution in [-0.2, 0) is 0 Å². The minimum Gasteiger partial charge on any atom is -0.458 e. The molecule has 8 heterocycles. The van der Waals surface area contributed by atoms with Gasteiger partial charge in [-0.25, -0.2) is 0 Å². The molecule has 1 N–H and O–H groups in total. The normalized spacial score (nSPS) is 14.9. The zero-order valence-corrected chi connectivity index (χ0v) is 43.0. The molecule has 8 aliphatic heterocycles. The van der Waals surface area contributed by atoms with E-state index in [4.69, 9.17) is 18.9 Å². The molecule has 0 aromatic heterocycles. The summed E-state index contributed by atoms with van der Waals surface area (Å²) in [6, 6.07) is 53.3. The zero-order chi connectivity index (χ0) is 48.1. The van der Waals surface area contributed by atoms with Crippen molar-refractivity contribution in [1.29, 1.82) is 0 Å². The monoisotopic (exact) mass is 1010 g/mol. The van der Waals surface area contributed by atoms with E-state index < -0.39 is 0 Å². The van der Waals surface area contributed by atoms with Crippen molar-refractivity contribution in [3.8, 4) is 46.0 Å². The first-order chi connectivity index (χ1) is 36.0. The maximum absolute atomic E-state index is 7.22. The Balaban J connectivity index is 0.903. The molecule has 8 aliphatic rings. The quantitative estimate of drug-likeness (QED) is 0.104. The first kappa shape index (κ1) is 41.4. The second-order valence-electron chi connectivity index (χ2n) is 19.5. The lowest BCUT2D eigenvalue weighted by atomic mass is 9.29. The van der Waals surface area contributed by atoms with Gasteiger partial charge in [0, 0.05) is 61.3 Å².